The Labute approximate surface area is 126 Å². The molecule has 0 aliphatic rings. The molecule has 0 heterocycles. The zero-order valence-electron chi connectivity index (χ0n) is 12.4. The third kappa shape index (κ3) is 4.16. The van der Waals surface area contributed by atoms with E-state index in [1.165, 1.54) is 11.1 Å². The van der Waals surface area contributed by atoms with Crippen LogP contribution in [0.1, 0.15) is 36.5 Å². The third-order valence-corrected chi connectivity index (χ3v) is 4.62. The van der Waals surface area contributed by atoms with Gasteiger partial charge in [0, 0.05) is 0 Å². The minimum atomic E-state index is -3.66. The van der Waals surface area contributed by atoms with Crippen LogP contribution in [0.5, 0.6) is 0 Å². The lowest BCUT2D eigenvalue weighted by molar-refractivity contribution is 0.596. The summed E-state index contributed by atoms with van der Waals surface area (Å²) in [7, 11) is -3.66. The van der Waals surface area contributed by atoms with E-state index in [2.05, 4.69) is 38.1 Å². The second kappa shape index (κ2) is 6.41. The van der Waals surface area contributed by atoms with Crippen LogP contribution in [0.15, 0.2) is 53.4 Å². The number of primary sulfonamides is 1. The molecule has 0 aromatic heterocycles. The molecule has 0 saturated heterocycles. The van der Waals surface area contributed by atoms with Gasteiger partial charge >= 0.3 is 0 Å². The summed E-state index contributed by atoms with van der Waals surface area (Å²) in [6.07, 6.45) is 1.46. The Balaban J connectivity index is 2.14. The largest absolute Gasteiger partial charge is 0.238 e. The summed E-state index contributed by atoms with van der Waals surface area (Å²) in [6, 6.07) is 15.4. The first-order valence-corrected chi connectivity index (χ1v) is 8.62. The SMILES string of the molecule is CC(C)c1ccc(CCc2ccccc2S(N)(=O)=O)cc1. The van der Waals surface area contributed by atoms with E-state index in [9.17, 15) is 8.42 Å². The molecule has 0 fully saturated rings. The van der Waals surface area contributed by atoms with Gasteiger partial charge in [0.2, 0.25) is 10.0 Å². The smallest absolute Gasteiger partial charge is 0.225 e. The molecule has 0 aliphatic carbocycles. The van der Waals surface area contributed by atoms with Crippen molar-refractivity contribution in [2.24, 2.45) is 5.14 Å². The molecular formula is C17H21NO2S. The first kappa shape index (κ1) is 15.7. The summed E-state index contributed by atoms with van der Waals surface area (Å²) in [5.74, 6) is 0.516. The molecule has 4 heteroatoms. The van der Waals surface area contributed by atoms with Gasteiger partial charge in [-0.05, 0) is 41.5 Å². The fourth-order valence-corrected chi connectivity index (χ4v) is 3.14. The van der Waals surface area contributed by atoms with Crippen molar-refractivity contribution in [3.05, 3.63) is 65.2 Å². The first-order chi connectivity index (χ1) is 9.88. The maximum absolute atomic E-state index is 11.6. The topological polar surface area (TPSA) is 60.2 Å². The minimum Gasteiger partial charge on any atom is -0.225 e. The molecule has 0 radical (unpaired) electrons. The van der Waals surface area contributed by atoms with Crippen LogP contribution in [0.25, 0.3) is 0 Å². The fourth-order valence-electron chi connectivity index (χ4n) is 2.34. The van der Waals surface area contributed by atoms with E-state index in [1.807, 2.05) is 12.1 Å². The van der Waals surface area contributed by atoms with E-state index < -0.39 is 10.0 Å². The molecule has 0 atom stereocenters. The first-order valence-electron chi connectivity index (χ1n) is 7.07. The summed E-state index contributed by atoms with van der Waals surface area (Å²) in [5, 5.41) is 5.25. The second-order valence-electron chi connectivity index (χ2n) is 5.55. The number of hydrogen-bond acceptors (Lipinski definition) is 2. The number of aryl methyl sites for hydroxylation is 2. The van der Waals surface area contributed by atoms with E-state index in [0.29, 0.717) is 12.3 Å². The van der Waals surface area contributed by atoms with Gasteiger partial charge in [-0.2, -0.15) is 0 Å². The van der Waals surface area contributed by atoms with E-state index >= 15 is 0 Å². The Bertz CT molecular complexity index is 704. The molecule has 3 nitrogen and oxygen atoms in total. The molecule has 2 aromatic rings. The summed E-state index contributed by atoms with van der Waals surface area (Å²) >= 11 is 0. The monoisotopic (exact) mass is 303 g/mol. The van der Waals surface area contributed by atoms with Crippen molar-refractivity contribution in [1.29, 1.82) is 0 Å². The number of benzene rings is 2. The van der Waals surface area contributed by atoms with Gasteiger partial charge in [0.05, 0.1) is 4.90 Å². The zero-order valence-corrected chi connectivity index (χ0v) is 13.2. The Morgan fingerprint density at radius 3 is 2.14 bits per heavy atom. The maximum atomic E-state index is 11.6. The van der Waals surface area contributed by atoms with Crippen molar-refractivity contribution < 1.29 is 8.42 Å². The van der Waals surface area contributed by atoms with Crippen LogP contribution >= 0.6 is 0 Å². The van der Waals surface area contributed by atoms with Crippen LogP contribution in [0, 0.1) is 0 Å². The van der Waals surface area contributed by atoms with Crippen LogP contribution in [0.4, 0.5) is 0 Å². The number of rotatable bonds is 5. The highest BCUT2D eigenvalue weighted by molar-refractivity contribution is 7.89. The van der Waals surface area contributed by atoms with Crippen molar-refractivity contribution in [1.82, 2.24) is 0 Å². The van der Waals surface area contributed by atoms with E-state index in [4.69, 9.17) is 5.14 Å². The average Bonchev–Trinajstić information content (AvgIpc) is 2.45. The summed E-state index contributed by atoms with van der Waals surface area (Å²) in [4.78, 5) is 0.226. The Morgan fingerprint density at radius 1 is 0.952 bits per heavy atom. The predicted molar refractivity (Wildman–Crippen MR) is 85.8 cm³/mol. The third-order valence-electron chi connectivity index (χ3n) is 3.61. The number of sulfonamides is 1. The van der Waals surface area contributed by atoms with E-state index in [0.717, 1.165) is 12.0 Å². The zero-order chi connectivity index (χ0) is 15.5. The molecule has 2 rings (SSSR count). The highest BCUT2D eigenvalue weighted by Crippen LogP contribution is 2.18. The molecule has 0 aliphatic heterocycles. The number of hydrogen-bond donors (Lipinski definition) is 1. The van der Waals surface area contributed by atoms with Crippen LogP contribution in [-0.2, 0) is 22.9 Å². The minimum absolute atomic E-state index is 0.226. The average molecular weight is 303 g/mol. The highest BCUT2D eigenvalue weighted by atomic mass is 32.2. The van der Waals surface area contributed by atoms with Crippen molar-refractivity contribution >= 4 is 10.0 Å². The molecule has 2 aromatic carbocycles. The lowest BCUT2D eigenvalue weighted by atomic mass is 9.99. The van der Waals surface area contributed by atoms with Gasteiger partial charge in [-0.3, -0.25) is 0 Å². The Hall–Kier alpha value is -1.65. The standard InChI is InChI=1S/C17H21NO2S/c1-13(2)15-10-7-14(8-11-15)9-12-16-5-3-4-6-17(16)21(18,19)20/h3-8,10-11,13H,9,12H2,1-2H3,(H2,18,19,20). The molecule has 112 valence electrons. The molecular weight excluding hydrogens is 282 g/mol. The molecule has 0 saturated carbocycles. The van der Waals surface area contributed by atoms with Crippen molar-refractivity contribution in [2.45, 2.75) is 37.5 Å². The van der Waals surface area contributed by atoms with E-state index in [-0.39, 0.29) is 4.90 Å². The van der Waals surface area contributed by atoms with Gasteiger partial charge in [-0.15, -0.1) is 0 Å². The van der Waals surface area contributed by atoms with Crippen LogP contribution in [0.2, 0.25) is 0 Å². The Morgan fingerprint density at radius 2 is 1.57 bits per heavy atom. The van der Waals surface area contributed by atoms with Gasteiger partial charge in [0.1, 0.15) is 0 Å². The van der Waals surface area contributed by atoms with Gasteiger partial charge in [0.15, 0.2) is 0 Å². The van der Waals surface area contributed by atoms with Crippen LogP contribution in [-0.4, -0.2) is 8.42 Å². The van der Waals surface area contributed by atoms with Crippen LogP contribution in [0.3, 0.4) is 0 Å². The molecule has 2 N–H and O–H groups in total. The lowest BCUT2D eigenvalue weighted by Gasteiger charge is -2.09. The van der Waals surface area contributed by atoms with Gasteiger partial charge in [-0.1, -0.05) is 56.3 Å². The van der Waals surface area contributed by atoms with Gasteiger partial charge in [-0.25, -0.2) is 13.6 Å². The predicted octanol–water partition coefficient (Wildman–Crippen LogP) is 3.24. The van der Waals surface area contributed by atoms with Crippen molar-refractivity contribution in [2.75, 3.05) is 0 Å². The lowest BCUT2D eigenvalue weighted by Crippen LogP contribution is -2.14. The summed E-state index contributed by atoms with van der Waals surface area (Å²) < 4.78 is 23.1. The van der Waals surface area contributed by atoms with Crippen molar-refractivity contribution in [3.63, 3.8) is 0 Å². The van der Waals surface area contributed by atoms with Gasteiger partial charge in [0.25, 0.3) is 0 Å². The van der Waals surface area contributed by atoms with E-state index in [1.54, 1.807) is 12.1 Å². The quantitative estimate of drug-likeness (QED) is 0.921. The molecule has 0 bridgehead atoms. The fraction of sp³-hybridized carbons (Fsp3) is 0.294. The molecule has 0 spiro atoms. The molecule has 0 unspecified atom stereocenters. The second-order valence-corrected chi connectivity index (χ2v) is 7.08. The summed E-state index contributed by atoms with van der Waals surface area (Å²) in [6.45, 7) is 4.33. The number of nitrogens with two attached hydrogens (primary N) is 1. The molecule has 0 amide bonds. The maximum Gasteiger partial charge on any atom is 0.238 e. The molecule has 21 heavy (non-hydrogen) atoms. The highest BCUT2D eigenvalue weighted by Gasteiger charge is 2.12. The van der Waals surface area contributed by atoms with Crippen molar-refractivity contribution in [3.8, 4) is 0 Å². The summed E-state index contributed by atoms with van der Waals surface area (Å²) in [5.41, 5.74) is 3.28. The van der Waals surface area contributed by atoms with Crippen LogP contribution < -0.4 is 5.14 Å². The Kier molecular flexibility index (Phi) is 4.80. The van der Waals surface area contributed by atoms with Gasteiger partial charge < -0.3 is 0 Å². The normalized spacial score (nSPS) is 11.8.